The number of rotatable bonds is 6. The molecule has 0 saturated carbocycles. The molecule has 0 heterocycles. The lowest BCUT2D eigenvalue weighted by Gasteiger charge is -2.37. The van der Waals surface area contributed by atoms with Crippen LogP contribution in [-0.2, 0) is 18.3 Å². The smallest absolute Gasteiger partial charge is 0.0651 e. The Kier molecular flexibility index (Phi) is 6.18. The van der Waals surface area contributed by atoms with Gasteiger partial charge in [-0.1, -0.05) is 111 Å². The Morgan fingerprint density at radius 1 is 0.514 bits per heavy atom. The molecule has 4 aromatic carbocycles. The van der Waals surface area contributed by atoms with Gasteiger partial charge in [0.1, 0.15) is 0 Å². The van der Waals surface area contributed by atoms with Crippen LogP contribution >= 0.6 is 0 Å². The van der Waals surface area contributed by atoms with Crippen molar-refractivity contribution >= 4 is 0 Å². The summed E-state index contributed by atoms with van der Waals surface area (Å²) in [6.45, 7) is 13.8. The molecule has 0 N–H and O–H groups in total. The molecule has 4 aromatic rings. The highest BCUT2D eigenvalue weighted by Crippen LogP contribution is 2.58. The van der Waals surface area contributed by atoms with Crippen LogP contribution in [-0.4, -0.2) is 0 Å². The van der Waals surface area contributed by atoms with Crippen molar-refractivity contribution in [1.82, 2.24) is 0 Å². The molecule has 1 aliphatic rings. The summed E-state index contributed by atoms with van der Waals surface area (Å²) < 4.78 is 0. The third kappa shape index (κ3) is 3.57. The molecular formula is C35H38. The average molecular weight is 459 g/mol. The zero-order valence-corrected chi connectivity index (χ0v) is 22.3. The second kappa shape index (κ2) is 9.15. The Morgan fingerprint density at radius 3 is 1.34 bits per heavy atom. The van der Waals surface area contributed by atoms with E-state index in [-0.39, 0.29) is 5.41 Å². The predicted octanol–water partition coefficient (Wildman–Crippen LogP) is 9.19. The number of benzene rings is 4. The monoisotopic (exact) mass is 458 g/mol. The van der Waals surface area contributed by atoms with Crippen LogP contribution < -0.4 is 0 Å². The Balaban J connectivity index is 1.99. The maximum absolute atomic E-state index is 2.46. The molecule has 0 fully saturated rings. The first-order chi connectivity index (χ1) is 16.9. The average Bonchev–Trinajstić information content (AvgIpc) is 3.11. The van der Waals surface area contributed by atoms with Gasteiger partial charge >= 0.3 is 0 Å². The van der Waals surface area contributed by atoms with Gasteiger partial charge in [-0.2, -0.15) is 0 Å². The SMILES string of the molecule is CCCc1cccc(C2(c3cccc(CCC)c3C)c3cc(C)ccc3-c3ccc(C)cc32)c1C. The molecule has 0 aromatic heterocycles. The predicted molar refractivity (Wildman–Crippen MR) is 151 cm³/mol. The molecule has 0 saturated heterocycles. The molecule has 0 bridgehead atoms. The summed E-state index contributed by atoms with van der Waals surface area (Å²) in [4.78, 5) is 0. The van der Waals surface area contributed by atoms with Crippen molar-refractivity contribution in [1.29, 1.82) is 0 Å². The van der Waals surface area contributed by atoms with Crippen LogP contribution in [0.4, 0.5) is 0 Å². The maximum atomic E-state index is 2.46. The van der Waals surface area contributed by atoms with Crippen molar-refractivity contribution in [3.63, 3.8) is 0 Å². The Morgan fingerprint density at radius 2 is 0.943 bits per heavy atom. The van der Waals surface area contributed by atoms with Crippen LogP contribution in [0, 0.1) is 27.7 Å². The van der Waals surface area contributed by atoms with Crippen molar-refractivity contribution in [2.75, 3.05) is 0 Å². The van der Waals surface area contributed by atoms with Crippen molar-refractivity contribution in [2.24, 2.45) is 0 Å². The Labute approximate surface area is 212 Å². The number of hydrogen-bond acceptors (Lipinski definition) is 0. The van der Waals surface area contributed by atoms with Gasteiger partial charge in [-0.15, -0.1) is 0 Å². The normalized spacial score (nSPS) is 13.5. The van der Waals surface area contributed by atoms with Gasteiger partial charge in [0, 0.05) is 0 Å². The summed E-state index contributed by atoms with van der Waals surface area (Å²) in [5.74, 6) is 0. The first kappa shape index (κ1) is 23.6. The third-order valence-corrected chi connectivity index (χ3v) is 8.19. The molecule has 0 nitrogen and oxygen atoms in total. The topological polar surface area (TPSA) is 0 Å². The Hall–Kier alpha value is -3.12. The summed E-state index contributed by atoms with van der Waals surface area (Å²) in [6, 6.07) is 28.3. The van der Waals surface area contributed by atoms with Crippen molar-refractivity contribution in [2.45, 2.75) is 72.6 Å². The van der Waals surface area contributed by atoms with Crippen LogP contribution in [0.2, 0.25) is 0 Å². The minimum atomic E-state index is -0.315. The number of fused-ring (bicyclic) bond motifs is 3. The summed E-state index contributed by atoms with van der Waals surface area (Å²) in [5, 5.41) is 0. The molecule has 0 unspecified atom stereocenters. The Bertz CT molecular complexity index is 1290. The minimum Gasteiger partial charge on any atom is -0.0651 e. The quantitative estimate of drug-likeness (QED) is 0.238. The molecule has 35 heavy (non-hydrogen) atoms. The first-order valence-corrected chi connectivity index (χ1v) is 13.3. The fourth-order valence-electron chi connectivity index (χ4n) is 6.54. The van der Waals surface area contributed by atoms with Gasteiger partial charge in [0.05, 0.1) is 5.41 Å². The zero-order valence-electron chi connectivity index (χ0n) is 22.3. The summed E-state index contributed by atoms with van der Waals surface area (Å²) >= 11 is 0. The van der Waals surface area contributed by atoms with Crippen LogP contribution in [0.3, 0.4) is 0 Å². The largest absolute Gasteiger partial charge is 0.0719 e. The van der Waals surface area contributed by atoms with E-state index in [1.165, 1.54) is 66.8 Å². The van der Waals surface area contributed by atoms with E-state index in [1.54, 1.807) is 0 Å². The van der Waals surface area contributed by atoms with E-state index in [0.29, 0.717) is 0 Å². The van der Waals surface area contributed by atoms with Gasteiger partial charge in [0.2, 0.25) is 0 Å². The second-order valence-electron chi connectivity index (χ2n) is 10.5. The van der Waals surface area contributed by atoms with Crippen LogP contribution in [0.5, 0.6) is 0 Å². The zero-order chi connectivity index (χ0) is 24.7. The minimum absolute atomic E-state index is 0.315. The van der Waals surface area contributed by atoms with Gasteiger partial charge < -0.3 is 0 Å². The van der Waals surface area contributed by atoms with E-state index < -0.39 is 0 Å². The van der Waals surface area contributed by atoms with Crippen LogP contribution in [0.15, 0.2) is 72.8 Å². The standard InChI is InChI=1S/C35H38/c1-7-11-27-13-9-15-31(25(27)5)35(32-16-10-14-28(12-8-2)26(32)6)33-21-23(3)17-19-29(33)30-20-18-24(4)22-34(30)35/h9-10,13-22H,7-8,11-12H2,1-6H3. The summed E-state index contributed by atoms with van der Waals surface area (Å²) in [5.41, 5.74) is 16.7. The maximum Gasteiger partial charge on any atom is 0.0719 e. The van der Waals surface area contributed by atoms with Gasteiger partial charge in [-0.3, -0.25) is 0 Å². The molecule has 178 valence electrons. The van der Waals surface area contributed by atoms with E-state index in [9.17, 15) is 0 Å². The molecule has 0 spiro atoms. The highest BCUT2D eigenvalue weighted by molar-refractivity contribution is 5.87. The number of aryl methyl sites for hydroxylation is 4. The third-order valence-electron chi connectivity index (χ3n) is 8.19. The van der Waals surface area contributed by atoms with E-state index >= 15 is 0 Å². The highest BCUT2D eigenvalue weighted by atomic mass is 14.5. The fourth-order valence-corrected chi connectivity index (χ4v) is 6.54. The molecule has 0 heteroatoms. The highest BCUT2D eigenvalue weighted by Gasteiger charge is 2.48. The van der Waals surface area contributed by atoms with E-state index in [1.807, 2.05) is 0 Å². The fraction of sp³-hybridized carbons (Fsp3) is 0.314. The van der Waals surface area contributed by atoms with Gasteiger partial charge in [0.15, 0.2) is 0 Å². The first-order valence-electron chi connectivity index (χ1n) is 13.3. The molecule has 0 aliphatic heterocycles. The second-order valence-corrected chi connectivity index (χ2v) is 10.5. The van der Waals surface area contributed by atoms with Gasteiger partial charge in [0.25, 0.3) is 0 Å². The lowest BCUT2D eigenvalue weighted by Crippen LogP contribution is -2.31. The van der Waals surface area contributed by atoms with Gasteiger partial charge in [-0.25, -0.2) is 0 Å². The molecule has 5 rings (SSSR count). The lowest BCUT2D eigenvalue weighted by atomic mass is 9.64. The summed E-state index contributed by atoms with van der Waals surface area (Å²) in [7, 11) is 0. The molecule has 0 radical (unpaired) electrons. The van der Waals surface area contributed by atoms with E-state index in [4.69, 9.17) is 0 Å². The van der Waals surface area contributed by atoms with Gasteiger partial charge in [-0.05, 0) is 96.2 Å². The molecule has 0 atom stereocenters. The molecule has 0 amide bonds. The van der Waals surface area contributed by atoms with E-state index in [0.717, 1.165) is 25.7 Å². The van der Waals surface area contributed by atoms with Crippen molar-refractivity contribution in [3.8, 4) is 11.1 Å². The van der Waals surface area contributed by atoms with Crippen LogP contribution in [0.1, 0.15) is 82.3 Å². The molecule has 1 aliphatic carbocycles. The summed E-state index contributed by atoms with van der Waals surface area (Å²) in [6.07, 6.45) is 4.55. The van der Waals surface area contributed by atoms with Crippen molar-refractivity contribution in [3.05, 3.63) is 128 Å². The molecular weight excluding hydrogens is 420 g/mol. The van der Waals surface area contributed by atoms with Crippen molar-refractivity contribution < 1.29 is 0 Å². The van der Waals surface area contributed by atoms with E-state index in [2.05, 4.69) is 114 Å². The lowest BCUT2D eigenvalue weighted by molar-refractivity contribution is 0.742. The van der Waals surface area contributed by atoms with Crippen LogP contribution in [0.25, 0.3) is 11.1 Å². The number of hydrogen-bond donors (Lipinski definition) is 0.